The van der Waals surface area contributed by atoms with Crippen molar-refractivity contribution in [1.29, 1.82) is 0 Å². The lowest BCUT2D eigenvalue weighted by atomic mass is 10.2. The summed E-state index contributed by atoms with van der Waals surface area (Å²) in [5, 5.41) is 3.38. The van der Waals surface area contributed by atoms with E-state index >= 15 is 0 Å². The second kappa shape index (κ2) is 7.03. The first kappa shape index (κ1) is 9.92. The largest absolute Gasteiger partial charge is 0.314 e. The van der Waals surface area contributed by atoms with Crippen molar-refractivity contribution < 1.29 is 0 Å². The maximum absolute atomic E-state index is 6.91. The van der Waals surface area contributed by atoms with Crippen molar-refractivity contribution in [2.75, 3.05) is 13.1 Å². The number of unbranched alkanes of at least 4 members (excludes halogenated alkanes) is 1. The first-order chi connectivity index (χ1) is 4.81. The van der Waals surface area contributed by atoms with Gasteiger partial charge in [0.2, 0.25) is 0 Å². The Bertz CT molecular complexity index is 64.3. The lowest BCUT2D eigenvalue weighted by Crippen LogP contribution is -2.26. The Morgan fingerprint density at radius 1 is 1.40 bits per heavy atom. The SMILES string of the molecule is CCC(C)NCCCC[NH]. The van der Waals surface area contributed by atoms with E-state index in [-0.39, 0.29) is 0 Å². The van der Waals surface area contributed by atoms with Crippen LogP contribution in [0.15, 0.2) is 0 Å². The lowest BCUT2D eigenvalue weighted by molar-refractivity contribution is 0.517. The van der Waals surface area contributed by atoms with E-state index < -0.39 is 0 Å². The van der Waals surface area contributed by atoms with Crippen LogP contribution in [0.25, 0.3) is 0 Å². The molecule has 0 aromatic heterocycles. The highest BCUT2D eigenvalue weighted by Gasteiger charge is 1.94. The van der Waals surface area contributed by atoms with Gasteiger partial charge in [0.15, 0.2) is 0 Å². The predicted molar refractivity (Wildman–Crippen MR) is 45.0 cm³/mol. The molecule has 2 heteroatoms. The van der Waals surface area contributed by atoms with E-state index in [2.05, 4.69) is 19.2 Å². The Balaban J connectivity index is 2.89. The average molecular weight is 143 g/mol. The fraction of sp³-hybridized carbons (Fsp3) is 1.00. The van der Waals surface area contributed by atoms with E-state index in [1.165, 1.54) is 6.42 Å². The summed E-state index contributed by atoms with van der Waals surface area (Å²) < 4.78 is 0. The lowest BCUT2D eigenvalue weighted by Gasteiger charge is -2.09. The van der Waals surface area contributed by atoms with Crippen molar-refractivity contribution in [2.24, 2.45) is 0 Å². The van der Waals surface area contributed by atoms with E-state index in [1.54, 1.807) is 0 Å². The summed E-state index contributed by atoms with van der Waals surface area (Å²) in [6.45, 7) is 6.03. The molecule has 0 bridgehead atoms. The molecular weight excluding hydrogens is 124 g/mol. The third-order valence-electron chi connectivity index (χ3n) is 1.71. The fourth-order valence-corrected chi connectivity index (χ4v) is 0.743. The van der Waals surface area contributed by atoms with Gasteiger partial charge in [0.25, 0.3) is 0 Å². The summed E-state index contributed by atoms with van der Waals surface area (Å²) in [5.74, 6) is 0. The van der Waals surface area contributed by atoms with Crippen molar-refractivity contribution >= 4 is 0 Å². The average Bonchev–Trinajstić information content (AvgIpc) is 1.98. The molecule has 0 saturated heterocycles. The van der Waals surface area contributed by atoms with Crippen LogP contribution in [0.3, 0.4) is 0 Å². The van der Waals surface area contributed by atoms with Crippen molar-refractivity contribution in [1.82, 2.24) is 11.1 Å². The zero-order valence-corrected chi connectivity index (χ0v) is 7.11. The first-order valence-electron chi connectivity index (χ1n) is 4.19. The standard InChI is InChI=1S/C8H19N2/c1-3-8(2)10-7-5-4-6-9/h8-10H,3-7H2,1-2H3. The van der Waals surface area contributed by atoms with Gasteiger partial charge in [0, 0.05) is 12.6 Å². The number of hydrogen-bond donors (Lipinski definition) is 1. The van der Waals surface area contributed by atoms with Gasteiger partial charge in [-0.3, -0.25) is 5.73 Å². The third kappa shape index (κ3) is 6.05. The molecule has 0 spiro atoms. The summed E-state index contributed by atoms with van der Waals surface area (Å²) in [6.07, 6.45) is 3.37. The fourth-order valence-electron chi connectivity index (χ4n) is 0.743. The molecule has 0 heterocycles. The summed E-state index contributed by atoms with van der Waals surface area (Å²) >= 11 is 0. The van der Waals surface area contributed by atoms with Gasteiger partial charge in [-0.15, -0.1) is 0 Å². The molecule has 1 unspecified atom stereocenters. The zero-order valence-electron chi connectivity index (χ0n) is 7.11. The van der Waals surface area contributed by atoms with E-state index in [9.17, 15) is 0 Å². The van der Waals surface area contributed by atoms with Gasteiger partial charge in [-0.05, 0) is 32.7 Å². The van der Waals surface area contributed by atoms with Crippen LogP contribution in [0.2, 0.25) is 0 Å². The van der Waals surface area contributed by atoms with Crippen LogP contribution in [0.4, 0.5) is 0 Å². The quantitative estimate of drug-likeness (QED) is 0.561. The Labute approximate surface area is 64.2 Å². The second-order valence-electron chi connectivity index (χ2n) is 2.72. The van der Waals surface area contributed by atoms with Crippen LogP contribution in [0.1, 0.15) is 33.1 Å². The normalized spacial score (nSPS) is 13.5. The molecular formula is C8H19N2. The van der Waals surface area contributed by atoms with Crippen LogP contribution >= 0.6 is 0 Å². The minimum absolute atomic E-state index is 0.572. The molecule has 0 aromatic rings. The Morgan fingerprint density at radius 3 is 2.60 bits per heavy atom. The minimum atomic E-state index is 0.572. The molecule has 61 valence electrons. The van der Waals surface area contributed by atoms with Crippen LogP contribution in [-0.4, -0.2) is 19.1 Å². The number of hydrogen-bond acceptors (Lipinski definition) is 1. The summed E-state index contributed by atoms with van der Waals surface area (Å²) in [7, 11) is 0. The molecule has 1 radical (unpaired) electrons. The topological polar surface area (TPSA) is 35.8 Å². The molecule has 0 aliphatic carbocycles. The maximum atomic E-state index is 6.91. The monoisotopic (exact) mass is 143 g/mol. The summed E-state index contributed by atoms with van der Waals surface area (Å²) in [4.78, 5) is 0. The second-order valence-corrected chi connectivity index (χ2v) is 2.72. The minimum Gasteiger partial charge on any atom is -0.314 e. The highest BCUT2D eigenvalue weighted by atomic mass is 14.9. The number of nitrogens with one attached hydrogen (secondary N) is 2. The third-order valence-corrected chi connectivity index (χ3v) is 1.71. The molecule has 0 aliphatic heterocycles. The highest BCUT2D eigenvalue weighted by Crippen LogP contribution is 1.89. The molecule has 0 fully saturated rings. The Hall–Kier alpha value is -0.0800. The van der Waals surface area contributed by atoms with Crippen LogP contribution in [-0.2, 0) is 0 Å². The molecule has 2 N–H and O–H groups in total. The van der Waals surface area contributed by atoms with Gasteiger partial charge in [-0.1, -0.05) is 6.92 Å². The molecule has 0 aromatic carbocycles. The predicted octanol–water partition coefficient (Wildman–Crippen LogP) is 1.44. The van der Waals surface area contributed by atoms with Crippen LogP contribution in [0, 0.1) is 0 Å². The van der Waals surface area contributed by atoms with Crippen molar-refractivity contribution in [3.8, 4) is 0 Å². The molecule has 0 amide bonds. The number of rotatable bonds is 6. The van der Waals surface area contributed by atoms with E-state index in [0.29, 0.717) is 12.6 Å². The van der Waals surface area contributed by atoms with Gasteiger partial charge in [0.05, 0.1) is 0 Å². The van der Waals surface area contributed by atoms with Gasteiger partial charge in [-0.2, -0.15) is 0 Å². The van der Waals surface area contributed by atoms with Crippen molar-refractivity contribution in [3.63, 3.8) is 0 Å². The van der Waals surface area contributed by atoms with Gasteiger partial charge in [0.1, 0.15) is 0 Å². The smallest absolute Gasteiger partial charge is 0.0100 e. The van der Waals surface area contributed by atoms with Gasteiger partial charge < -0.3 is 5.32 Å². The van der Waals surface area contributed by atoms with Crippen LogP contribution < -0.4 is 11.1 Å². The molecule has 2 nitrogen and oxygen atoms in total. The first-order valence-corrected chi connectivity index (χ1v) is 4.19. The van der Waals surface area contributed by atoms with E-state index in [0.717, 1.165) is 19.4 Å². The zero-order chi connectivity index (χ0) is 7.82. The van der Waals surface area contributed by atoms with Crippen molar-refractivity contribution in [2.45, 2.75) is 39.2 Å². The van der Waals surface area contributed by atoms with Gasteiger partial charge in [-0.25, -0.2) is 0 Å². The van der Waals surface area contributed by atoms with Crippen LogP contribution in [0.5, 0.6) is 0 Å². The summed E-state index contributed by atoms with van der Waals surface area (Å²) in [5.41, 5.74) is 6.91. The summed E-state index contributed by atoms with van der Waals surface area (Å²) in [6, 6.07) is 0.644. The molecule has 0 saturated carbocycles. The molecule has 1 atom stereocenters. The molecule has 10 heavy (non-hydrogen) atoms. The maximum Gasteiger partial charge on any atom is 0.0100 e. The Morgan fingerprint density at radius 2 is 2.10 bits per heavy atom. The van der Waals surface area contributed by atoms with E-state index in [4.69, 9.17) is 5.73 Å². The van der Waals surface area contributed by atoms with Crippen molar-refractivity contribution in [3.05, 3.63) is 0 Å². The Kier molecular flexibility index (Phi) is 6.98. The van der Waals surface area contributed by atoms with E-state index in [1.807, 2.05) is 0 Å². The molecule has 0 rings (SSSR count). The highest BCUT2D eigenvalue weighted by molar-refractivity contribution is 4.56. The van der Waals surface area contributed by atoms with Gasteiger partial charge >= 0.3 is 0 Å². The molecule has 0 aliphatic rings.